The Labute approximate surface area is 254 Å². The van der Waals surface area contributed by atoms with Crippen LogP contribution < -0.4 is 16.0 Å². The molecular weight excluding hydrogens is 651 g/mol. The molecule has 0 radical (unpaired) electrons. The van der Waals surface area contributed by atoms with Crippen LogP contribution in [0.5, 0.6) is 0 Å². The summed E-state index contributed by atoms with van der Waals surface area (Å²) in [6.45, 7) is -0.488. The van der Waals surface area contributed by atoms with Crippen molar-refractivity contribution in [3.8, 4) is 0 Å². The first kappa shape index (κ1) is 32.4. The maximum Gasteiger partial charge on any atom is 0.419 e. The van der Waals surface area contributed by atoms with Crippen LogP contribution in [0, 0.1) is 23.4 Å². The fraction of sp³-hybridized carbons (Fsp3) is 0.222. The lowest BCUT2D eigenvalue weighted by molar-refractivity contribution is -0.140. The van der Waals surface area contributed by atoms with Gasteiger partial charge in [0, 0.05) is 18.7 Å². The van der Waals surface area contributed by atoms with Crippen LogP contribution in [-0.2, 0) is 20.5 Å². The Morgan fingerprint density at radius 1 is 0.930 bits per heavy atom. The van der Waals surface area contributed by atoms with E-state index in [1.807, 2.05) is 5.32 Å². The fourth-order valence-corrected chi connectivity index (χ4v) is 5.31. The van der Waals surface area contributed by atoms with Gasteiger partial charge in [0.25, 0.3) is 11.8 Å². The number of anilines is 3. The smallest absolute Gasteiger partial charge is 0.375 e. The summed E-state index contributed by atoms with van der Waals surface area (Å²) >= 11 is 18.5. The second-order valence-electron chi connectivity index (χ2n) is 9.27. The number of nitrogens with one attached hydrogen (secondary N) is 3. The largest absolute Gasteiger partial charge is 0.419 e. The van der Waals surface area contributed by atoms with Crippen molar-refractivity contribution in [2.24, 2.45) is 5.92 Å². The van der Waals surface area contributed by atoms with E-state index in [0.29, 0.717) is 12.1 Å². The molecule has 3 N–H and O–H groups in total. The number of methoxy groups -OCH3 is 1. The highest BCUT2D eigenvalue weighted by Gasteiger charge is 2.67. The lowest BCUT2D eigenvalue weighted by Crippen LogP contribution is -2.20. The van der Waals surface area contributed by atoms with Crippen molar-refractivity contribution in [2.75, 3.05) is 29.7 Å². The van der Waals surface area contributed by atoms with E-state index < -0.39 is 81.1 Å². The molecule has 3 amide bonds. The van der Waals surface area contributed by atoms with E-state index in [0.717, 1.165) is 24.3 Å². The maximum atomic E-state index is 14.9. The topological polar surface area (TPSA) is 96.5 Å². The highest BCUT2D eigenvalue weighted by molar-refractivity contribution is 6.53. The Morgan fingerprint density at radius 3 is 2.26 bits per heavy atom. The number of alkyl halides is 5. The van der Waals surface area contributed by atoms with Gasteiger partial charge in [0.05, 0.1) is 27.8 Å². The van der Waals surface area contributed by atoms with Crippen molar-refractivity contribution in [1.82, 2.24) is 0 Å². The quantitative estimate of drug-likeness (QED) is 0.176. The molecule has 0 heterocycles. The molecule has 1 aliphatic rings. The molecule has 16 heteroatoms. The number of ether oxygens (including phenoxy) is 1. The lowest BCUT2D eigenvalue weighted by atomic mass is 10.0. The number of hydrogen-bond donors (Lipinski definition) is 3. The second-order valence-corrected chi connectivity index (χ2v) is 11.1. The van der Waals surface area contributed by atoms with Crippen LogP contribution in [0.2, 0.25) is 5.02 Å². The van der Waals surface area contributed by atoms with Gasteiger partial charge >= 0.3 is 6.18 Å². The van der Waals surface area contributed by atoms with Crippen LogP contribution in [-0.4, -0.2) is 35.8 Å². The molecule has 1 saturated carbocycles. The zero-order valence-electron chi connectivity index (χ0n) is 21.5. The van der Waals surface area contributed by atoms with Crippen molar-refractivity contribution in [3.05, 3.63) is 87.7 Å². The zero-order valence-corrected chi connectivity index (χ0v) is 23.8. The first-order valence-electron chi connectivity index (χ1n) is 12.0. The van der Waals surface area contributed by atoms with Crippen molar-refractivity contribution in [3.63, 3.8) is 0 Å². The molecule has 0 aromatic heterocycles. The molecule has 0 spiro atoms. The average Bonchev–Trinajstić information content (AvgIpc) is 3.50. The predicted molar refractivity (Wildman–Crippen MR) is 147 cm³/mol. The Kier molecular flexibility index (Phi) is 9.21. The van der Waals surface area contributed by atoms with E-state index in [-0.39, 0.29) is 21.8 Å². The van der Waals surface area contributed by atoms with E-state index in [4.69, 9.17) is 34.8 Å². The van der Waals surface area contributed by atoms with Crippen LogP contribution in [0.15, 0.2) is 48.5 Å². The molecule has 1 unspecified atom stereocenters. The third-order valence-corrected chi connectivity index (χ3v) is 7.62. The van der Waals surface area contributed by atoms with Crippen molar-refractivity contribution in [1.29, 1.82) is 0 Å². The molecule has 228 valence electrons. The summed E-state index contributed by atoms with van der Waals surface area (Å²) in [5.74, 6) is -8.97. The number of halogens is 9. The van der Waals surface area contributed by atoms with Gasteiger partial charge in [0.1, 0.15) is 28.3 Å². The second kappa shape index (κ2) is 12.2. The normalized spacial score (nSPS) is 17.3. The molecule has 4 rings (SSSR count). The summed E-state index contributed by atoms with van der Waals surface area (Å²) in [5.41, 5.74) is -3.30. The predicted octanol–water partition coefficient (Wildman–Crippen LogP) is 7.14. The number of carbonyl (C=O) groups is 3. The number of benzene rings is 3. The maximum absolute atomic E-state index is 14.9. The van der Waals surface area contributed by atoms with Crippen molar-refractivity contribution < 1.29 is 45.5 Å². The van der Waals surface area contributed by atoms with Crippen LogP contribution in [0.25, 0.3) is 0 Å². The van der Waals surface area contributed by atoms with Crippen LogP contribution in [0.1, 0.15) is 27.4 Å². The lowest BCUT2D eigenvalue weighted by Gasteiger charge is -2.13. The molecule has 0 bridgehead atoms. The number of hydrogen-bond acceptors (Lipinski definition) is 4. The van der Waals surface area contributed by atoms with Crippen molar-refractivity contribution >= 4 is 69.6 Å². The summed E-state index contributed by atoms with van der Waals surface area (Å²) in [4.78, 5) is 37.6. The molecule has 3 aromatic rings. The van der Waals surface area contributed by atoms with Gasteiger partial charge in [-0.2, -0.15) is 13.2 Å². The van der Waals surface area contributed by atoms with Gasteiger partial charge < -0.3 is 20.7 Å². The summed E-state index contributed by atoms with van der Waals surface area (Å²) in [7, 11) is 1.20. The van der Waals surface area contributed by atoms with Gasteiger partial charge in [-0.15, -0.1) is 23.2 Å². The Bertz CT molecular complexity index is 1620. The van der Waals surface area contributed by atoms with E-state index in [1.165, 1.54) is 19.2 Å². The van der Waals surface area contributed by atoms with E-state index in [2.05, 4.69) is 15.4 Å². The molecule has 0 saturated heterocycles. The molecule has 1 fully saturated rings. The first-order chi connectivity index (χ1) is 20.1. The summed E-state index contributed by atoms with van der Waals surface area (Å²) in [5, 5.41) is 6.49. The molecular formula is C27H18Cl3F6N3O4. The molecule has 1 aliphatic carbocycles. The Hall–Kier alpha value is -3.52. The highest BCUT2D eigenvalue weighted by atomic mass is 35.5. The van der Waals surface area contributed by atoms with Crippen LogP contribution >= 0.6 is 34.8 Å². The molecule has 3 aromatic carbocycles. The van der Waals surface area contributed by atoms with E-state index in [9.17, 15) is 40.7 Å². The van der Waals surface area contributed by atoms with Gasteiger partial charge in [0.2, 0.25) is 5.91 Å². The van der Waals surface area contributed by atoms with Crippen LogP contribution in [0.4, 0.5) is 43.4 Å². The van der Waals surface area contributed by atoms with Gasteiger partial charge in [-0.1, -0.05) is 17.7 Å². The van der Waals surface area contributed by atoms with Crippen molar-refractivity contribution in [2.45, 2.75) is 16.4 Å². The van der Waals surface area contributed by atoms with E-state index in [1.54, 1.807) is 0 Å². The summed E-state index contributed by atoms with van der Waals surface area (Å²) < 4.78 is 85.1. The number of amides is 3. The average molecular weight is 669 g/mol. The molecule has 43 heavy (non-hydrogen) atoms. The summed E-state index contributed by atoms with van der Waals surface area (Å²) in [6.07, 6.45) is -5.00. The van der Waals surface area contributed by atoms with Gasteiger partial charge in [0.15, 0.2) is 5.82 Å². The zero-order chi connectivity index (χ0) is 31.9. The standard InChI is InChI=1S/C27H18Cl3F6N3O4/c1-43-10-19(40)39-23-17(32)6-7-18(22(23)33)38-24(41)13-9-12(3-4-15(13)28)37-25(42)21-20(26(21,29)30)11-2-5-16(31)14(8-11)27(34,35)36/h2-9,20-21H,10H2,1H3,(H,37,42)(H,38,41)(H,39,40)/t20?,21-/m1/s1. The highest BCUT2D eigenvalue weighted by Crippen LogP contribution is 2.65. The first-order valence-corrected chi connectivity index (χ1v) is 13.1. The molecule has 7 nitrogen and oxygen atoms in total. The molecule has 2 atom stereocenters. The van der Waals surface area contributed by atoms with Gasteiger partial charge in [-0.25, -0.2) is 13.2 Å². The third kappa shape index (κ3) is 6.85. The van der Waals surface area contributed by atoms with Gasteiger partial charge in [-0.05, 0) is 48.0 Å². The minimum atomic E-state index is -5.00. The fourth-order valence-electron chi connectivity index (χ4n) is 4.28. The monoisotopic (exact) mass is 667 g/mol. The number of rotatable bonds is 8. The number of carbonyl (C=O) groups excluding carboxylic acids is 3. The SMILES string of the molecule is COCC(=O)Nc1c(F)ccc(NC(=O)c2cc(NC(=O)[C@H]3C(c4ccc(F)c(C(F)(F)F)c4)C3(Cl)Cl)ccc2Cl)c1F. The summed E-state index contributed by atoms with van der Waals surface area (Å²) in [6, 6.07) is 7.49. The third-order valence-electron chi connectivity index (χ3n) is 6.35. The Balaban J connectivity index is 1.52. The van der Waals surface area contributed by atoms with Gasteiger partial charge in [-0.3, -0.25) is 14.4 Å². The minimum absolute atomic E-state index is 0.0171. The van der Waals surface area contributed by atoms with Crippen LogP contribution in [0.3, 0.4) is 0 Å². The minimum Gasteiger partial charge on any atom is -0.375 e. The molecule has 0 aliphatic heterocycles. The Morgan fingerprint density at radius 2 is 1.60 bits per heavy atom. The van der Waals surface area contributed by atoms with E-state index >= 15 is 0 Å².